The number of hydrogen-bond acceptors (Lipinski definition) is 6. The van der Waals surface area contributed by atoms with Crippen molar-refractivity contribution >= 4 is 17.5 Å². The summed E-state index contributed by atoms with van der Waals surface area (Å²) < 4.78 is 0. The highest BCUT2D eigenvalue weighted by molar-refractivity contribution is 5.95. The first-order valence-corrected chi connectivity index (χ1v) is 10.4. The molecular weight excluding hydrogens is 364 g/mol. The molecule has 7 heteroatoms. The number of carbonyl (C=O) groups is 1. The van der Waals surface area contributed by atoms with Gasteiger partial charge in [-0.15, -0.1) is 0 Å². The van der Waals surface area contributed by atoms with Gasteiger partial charge in [-0.3, -0.25) is 4.79 Å². The number of benzene rings is 1. The Balaban J connectivity index is 1.43. The average molecular weight is 395 g/mol. The van der Waals surface area contributed by atoms with Gasteiger partial charge < -0.3 is 19.6 Å². The first-order chi connectivity index (χ1) is 14.0. The van der Waals surface area contributed by atoms with E-state index >= 15 is 0 Å². The van der Waals surface area contributed by atoms with E-state index in [-0.39, 0.29) is 5.91 Å². The minimum Gasteiger partial charge on any atom is -0.354 e. The van der Waals surface area contributed by atoms with Gasteiger partial charge in [0, 0.05) is 64.0 Å². The molecule has 7 nitrogen and oxygen atoms in total. The predicted molar refractivity (Wildman–Crippen MR) is 116 cm³/mol. The second-order valence-corrected chi connectivity index (χ2v) is 8.02. The van der Waals surface area contributed by atoms with Crippen LogP contribution in [-0.4, -0.2) is 85.1 Å². The second-order valence-electron chi connectivity index (χ2n) is 8.02. The first kappa shape index (κ1) is 19.6. The molecule has 0 spiro atoms. The summed E-state index contributed by atoms with van der Waals surface area (Å²) >= 11 is 0. The second kappa shape index (κ2) is 8.37. The van der Waals surface area contributed by atoms with Crippen LogP contribution >= 0.6 is 0 Å². The van der Waals surface area contributed by atoms with Crippen molar-refractivity contribution in [1.29, 1.82) is 0 Å². The summed E-state index contributed by atoms with van der Waals surface area (Å²) in [5.41, 5.74) is 1.83. The molecule has 2 aliphatic rings. The molecule has 1 aromatic heterocycles. The number of anilines is 2. The van der Waals surface area contributed by atoms with Gasteiger partial charge >= 0.3 is 0 Å². The molecule has 0 radical (unpaired) electrons. The van der Waals surface area contributed by atoms with Gasteiger partial charge in [-0.2, -0.15) is 0 Å². The molecular formula is C22H30N6O. The Hall–Kier alpha value is -2.67. The molecule has 2 saturated heterocycles. The van der Waals surface area contributed by atoms with Crippen molar-refractivity contribution in [2.45, 2.75) is 13.8 Å². The van der Waals surface area contributed by atoms with Crippen LogP contribution in [0.2, 0.25) is 0 Å². The average Bonchev–Trinajstić information content (AvgIpc) is 2.74. The quantitative estimate of drug-likeness (QED) is 0.791. The first-order valence-electron chi connectivity index (χ1n) is 10.4. The number of aryl methyl sites for hydroxylation is 2. The zero-order valence-corrected chi connectivity index (χ0v) is 17.6. The van der Waals surface area contributed by atoms with Crippen LogP contribution in [-0.2, 0) is 0 Å². The van der Waals surface area contributed by atoms with E-state index in [9.17, 15) is 4.79 Å². The van der Waals surface area contributed by atoms with Crippen LogP contribution < -0.4 is 9.80 Å². The Morgan fingerprint density at radius 3 is 1.97 bits per heavy atom. The van der Waals surface area contributed by atoms with E-state index in [0.717, 1.165) is 67.9 Å². The van der Waals surface area contributed by atoms with E-state index in [2.05, 4.69) is 37.8 Å². The number of hydrogen-bond donors (Lipinski definition) is 0. The summed E-state index contributed by atoms with van der Waals surface area (Å²) in [5.74, 6) is 2.91. The SMILES string of the molecule is Cc1nc(N2CCN(C)CC2)cc(N2CCN(C(=O)c3ccccc3C)CC2)n1. The maximum atomic E-state index is 12.9. The van der Waals surface area contributed by atoms with Gasteiger partial charge in [-0.05, 0) is 32.5 Å². The van der Waals surface area contributed by atoms with Gasteiger partial charge in [0.2, 0.25) is 0 Å². The van der Waals surface area contributed by atoms with Gasteiger partial charge in [0.15, 0.2) is 0 Å². The van der Waals surface area contributed by atoms with Crippen LogP contribution in [0.25, 0.3) is 0 Å². The third-order valence-electron chi connectivity index (χ3n) is 5.90. The lowest BCUT2D eigenvalue weighted by molar-refractivity contribution is 0.0745. The summed E-state index contributed by atoms with van der Waals surface area (Å²) in [5, 5.41) is 0. The fraction of sp³-hybridized carbons (Fsp3) is 0.500. The van der Waals surface area contributed by atoms with Crippen LogP contribution in [0.3, 0.4) is 0 Å². The number of likely N-dealkylation sites (N-methyl/N-ethyl adjacent to an activating group) is 1. The van der Waals surface area contributed by atoms with Crippen molar-refractivity contribution in [3.05, 3.63) is 47.3 Å². The fourth-order valence-corrected chi connectivity index (χ4v) is 4.02. The standard InChI is InChI=1S/C22H30N6O/c1-17-6-4-5-7-19(17)22(29)28-14-12-27(13-15-28)21-16-20(23-18(2)24-21)26-10-8-25(3)9-11-26/h4-7,16H,8-15H2,1-3H3. The van der Waals surface area contributed by atoms with Gasteiger partial charge in [-0.25, -0.2) is 9.97 Å². The molecule has 0 bridgehead atoms. The molecule has 1 amide bonds. The summed E-state index contributed by atoms with van der Waals surface area (Å²) in [6.07, 6.45) is 0. The minimum atomic E-state index is 0.125. The molecule has 0 N–H and O–H groups in total. The predicted octanol–water partition coefficient (Wildman–Crippen LogP) is 1.81. The molecule has 0 atom stereocenters. The van der Waals surface area contributed by atoms with E-state index < -0.39 is 0 Å². The zero-order valence-electron chi connectivity index (χ0n) is 17.6. The van der Waals surface area contributed by atoms with Crippen molar-refractivity contribution in [3.8, 4) is 0 Å². The summed E-state index contributed by atoms with van der Waals surface area (Å²) in [4.78, 5) is 31.1. The summed E-state index contributed by atoms with van der Waals surface area (Å²) in [6, 6.07) is 9.92. The van der Waals surface area contributed by atoms with Crippen LogP contribution in [0, 0.1) is 13.8 Å². The molecule has 0 aliphatic carbocycles. The molecule has 0 unspecified atom stereocenters. The number of carbonyl (C=O) groups excluding carboxylic acids is 1. The van der Waals surface area contributed by atoms with Crippen molar-refractivity contribution in [2.24, 2.45) is 0 Å². The van der Waals surface area contributed by atoms with E-state index in [1.54, 1.807) is 0 Å². The number of aromatic nitrogens is 2. The van der Waals surface area contributed by atoms with Gasteiger partial charge in [0.25, 0.3) is 5.91 Å². The van der Waals surface area contributed by atoms with Crippen LogP contribution in [0.15, 0.2) is 30.3 Å². The molecule has 2 aromatic rings. The third kappa shape index (κ3) is 4.34. The monoisotopic (exact) mass is 394 g/mol. The van der Waals surface area contributed by atoms with Crippen molar-refractivity contribution < 1.29 is 4.79 Å². The molecule has 1 aromatic carbocycles. The van der Waals surface area contributed by atoms with Crippen molar-refractivity contribution in [2.75, 3.05) is 69.2 Å². The van der Waals surface area contributed by atoms with E-state index in [4.69, 9.17) is 0 Å². The topological polar surface area (TPSA) is 55.8 Å². The molecule has 29 heavy (non-hydrogen) atoms. The Bertz CT molecular complexity index is 869. The van der Waals surface area contributed by atoms with Crippen LogP contribution in [0.5, 0.6) is 0 Å². The summed E-state index contributed by atoms with van der Waals surface area (Å²) in [6.45, 7) is 11.0. The van der Waals surface area contributed by atoms with E-state index in [1.807, 2.05) is 43.0 Å². The number of piperazine rings is 2. The lowest BCUT2D eigenvalue weighted by atomic mass is 10.1. The van der Waals surface area contributed by atoms with Crippen molar-refractivity contribution in [1.82, 2.24) is 19.8 Å². The van der Waals surface area contributed by atoms with Crippen LogP contribution in [0.4, 0.5) is 11.6 Å². The minimum absolute atomic E-state index is 0.125. The fourth-order valence-electron chi connectivity index (χ4n) is 4.02. The zero-order chi connectivity index (χ0) is 20.4. The largest absolute Gasteiger partial charge is 0.354 e. The van der Waals surface area contributed by atoms with Crippen LogP contribution in [0.1, 0.15) is 21.7 Å². The summed E-state index contributed by atoms with van der Waals surface area (Å²) in [7, 11) is 2.16. The van der Waals surface area contributed by atoms with E-state index in [1.165, 1.54) is 0 Å². The number of rotatable bonds is 3. The van der Waals surface area contributed by atoms with Gasteiger partial charge in [0.1, 0.15) is 17.5 Å². The Labute approximate surface area is 172 Å². The lowest BCUT2D eigenvalue weighted by Gasteiger charge is -2.37. The highest BCUT2D eigenvalue weighted by Crippen LogP contribution is 2.22. The molecule has 3 heterocycles. The Morgan fingerprint density at radius 1 is 0.828 bits per heavy atom. The number of nitrogens with zero attached hydrogens (tertiary/aromatic N) is 6. The smallest absolute Gasteiger partial charge is 0.254 e. The molecule has 154 valence electrons. The maximum Gasteiger partial charge on any atom is 0.254 e. The van der Waals surface area contributed by atoms with Gasteiger partial charge in [-0.1, -0.05) is 18.2 Å². The van der Waals surface area contributed by atoms with E-state index in [0.29, 0.717) is 13.1 Å². The third-order valence-corrected chi connectivity index (χ3v) is 5.90. The maximum absolute atomic E-state index is 12.9. The van der Waals surface area contributed by atoms with Gasteiger partial charge in [0.05, 0.1) is 0 Å². The Morgan fingerprint density at radius 2 is 1.38 bits per heavy atom. The number of amides is 1. The molecule has 2 aliphatic heterocycles. The highest BCUT2D eigenvalue weighted by atomic mass is 16.2. The molecule has 2 fully saturated rings. The molecule has 4 rings (SSSR count). The Kier molecular flexibility index (Phi) is 5.67. The lowest BCUT2D eigenvalue weighted by Crippen LogP contribution is -2.49. The van der Waals surface area contributed by atoms with Crippen molar-refractivity contribution in [3.63, 3.8) is 0 Å². The normalized spacial score (nSPS) is 18.2. The molecule has 0 saturated carbocycles. The highest BCUT2D eigenvalue weighted by Gasteiger charge is 2.25.